The minimum absolute atomic E-state index is 0.0810. The molecule has 0 saturated carbocycles. The zero-order chi connectivity index (χ0) is 13.5. The maximum absolute atomic E-state index is 12.4. The SMILES string of the molecule is O=C1NC2(CCSC2)C(=O)N1Cc1cccc(Br)c1. The van der Waals surface area contributed by atoms with Gasteiger partial charge in [0.05, 0.1) is 6.54 Å². The summed E-state index contributed by atoms with van der Waals surface area (Å²) in [6.07, 6.45) is 0.733. The summed E-state index contributed by atoms with van der Waals surface area (Å²) >= 11 is 5.11. The number of carbonyl (C=O) groups is 2. The van der Waals surface area contributed by atoms with Crippen molar-refractivity contribution in [1.29, 1.82) is 0 Å². The summed E-state index contributed by atoms with van der Waals surface area (Å²) in [5.41, 5.74) is 0.300. The van der Waals surface area contributed by atoms with Crippen LogP contribution in [0.2, 0.25) is 0 Å². The first-order valence-electron chi connectivity index (χ1n) is 6.07. The minimum atomic E-state index is -0.645. The Labute approximate surface area is 124 Å². The van der Waals surface area contributed by atoms with Gasteiger partial charge in [-0.3, -0.25) is 9.69 Å². The number of hydrogen-bond donors (Lipinski definition) is 1. The van der Waals surface area contributed by atoms with Gasteiger partial charge in [-0.15, -0.1) is 0 Å². The molecule has 0 aliphatic carbocycles. The third-order valence-corrected chi connectivity index (χ3v) is 5.18. The van der Waals surface area contributed by atoms with E-state index in [0.717, 1.165) is 22.2 Å². The molecule has 1 unspecified atom stereocenters. The number of nitrogens with one attached hydrogen (secondary N) is 1. The maximum atomic E-state index is 12.4. The van der Waals surface area contributed by atoms with E-state index in [1.165, 1.54) is 4.90 Å². The maximum Gasteiger partial charge on any atom is 0.325 e. The summed E-state index contributed by atoms with van der Waals surface area (Å²) in [5, 5.41) is 2.87. The van der Waals surface area contributed by atoms with E-state index in [1.807, 2.05) is 24.3 Å². The van der Waals surface area contributed by atoms with Crippen LogP contribution in [0.25, 0.3) is 0 Å². The van der Waals surface area contributed by atoms with Gasteiger partial charge in [-0.2, -0.15) is 11.8 Å². The second kappa shape index (κ2) is 4.83. The van der Waals surface area contributed by atoms with Crippen LogP contribution >= 0.6 is 27.7 Å². The number of hydrogen-bond acceptors (Lipinski definition) is 3. The van der Waals surface area contributed by atoms with E-state index in [0.29, 0.717) is 12.3 Å². The average molecular weight is 341 g/mol. The molecule has 1 aromatic rings. The van der Waals surface area contributed by atoms with Gasteiger partial charge in [0, 0.05) is 10.2 Å². The molecular weight excluding hydrogens is 328 g/mol. The molecule has 2 fully saturated rings. The fraction of sp³-hybridized carbons (Fsp3) is 0.385. The number of urea groups is 1. The summed E-state index contributed by atoms with van der Waals surface area (Å²) < 4.78 is 0.947. The number of amides is 3. The normalized spacial score (nSPS) is 26.3. The van der Waals surface area contributed by atoms with Crippen molar-refractivity contribution in [3.05, 3.63) is 34.3 Å². The first-order valence-corrected chi connectivity index (χ1v) is 8.02. The first-order chi connectivity index (χ1) is 9.11. The van der Waals surface area contributed by atoms with Gasteiger partial charge < -0.3 is 5.32 Å². The number of carbonyl (C=O) groups excluding carboxylic acids is 2. The van der Waals surface area contributed by atoms with Crippen LogP contribution in [0.5, 0.6) is 0 Å². The second-order valence-electron chi connectivity index (χ2n) is 4.84. The molecule has 0 aromatic heterocycles. The zero-order valence-corrected chi connectivity index (χ0v) is 12.6. The van der Waals surface area contributed by atoms with Gasteiger partial charge in [0.2, 0.25) is 0 Å². The number of benzene rings is 1. The highest BCUT2D eigenvalue weighted by Gasteiger charge is 2.52. The van der Waals surface area contributed by atoms with E-state index in [9.17, 15) is 9.59 Å². The fourth-order valence-electron chi connectivity index (χ4n) is 2.47. The molecule has 19 heavy (non-hydrogen) atoms. The molecule has 1 aromatic carbocycles. The van der Waals surface area contributed by atoms with Gasteiger partial charge in [-0.05, 0) is 29.9 Å². The highest BCUT2D eigenvalue weighted by molar-refractivity contribution is 9.10. The largest absolute Gasteiger partial charge is 0.325 e. The van der Waals surface area contributed by atoms with Gasteiger partial charge in [0.1, 0.15) is 5.54 Å². The third kappa shape index (κ3) is 2.27. The molecule has 2 saturated heterocycles. The van der Waals surface area contributed by atoms with E-state index in [1.54, 1.807) is 11.8 Å². The van der Waals surface area contributed by atoms with Crippen molar-refractivity contribution in [2.24, 2.45) is 0 Å². The Morgan fingerprint density at radius 2 is 2.26 bits per heavy atom. The molecule has 100 valence electrons. The highest BCUT2D eigenvalue weighted by atomic mass is 79.9. The van der Waals surface area contributed by atoms with E-state index in [4.69, 9.17) is 0 Å². The van der Waals surface area contributed by atoms with E-state index in [2.05, 4.69) is 21.2 Å². The van der Waals surface area contributed by atoms with Crippen LogP contribution in [0, 0.1) is 0 Å². The molecule has 4 nitrogen and oxygen atoms in total. The van der Waals surface area contributed by atoms with Crippen LogP contribution in [-0.4, -0.2) is 33.9 Å². The van der Waals surface area contributed by atoms with Gasteiger partial charge in [-0.25, -0.2) is 4.79 Å². The van der Waals surface area contributed by atoms with Crippen molar-refractivity contribution in [1.82, 2.24) is 10.2 Å². The molecule has 1 atom stereocenters. The fourth-order valence-corrected chi connectivity index (χ4v) is 4.24. The van der Waals surface area contributed by atoms with Crippen LogP contribution in [0.15, 0.2) is 28.7 Å². The van der Waals surface area contributed by atoms with Crippen LogP contribution < -0.4 is 5.32 Å². The van der Waals surface area contributed by atoms with Crippen molar-refractivity contribution in [2.45, 2.75) is 18.5 Å². The average Bonchev–Trinajstić information content (AvgIpc) is 2.92. The molecule has 2 heterocycles. The standard InChI is InChI=1S/C13H13BrN2O2S/c14-10-3-1-2-9(6-10)7-16-11(17)13(15-12(16)18)4-5-19-8-13/h1-3,6H,4-5,7-8H2,(H,15,18). The molecule has 6 heteroatoms. The minimum Gasteiger partial charge on any atom is -0.322 e. The summed E-state index contributed by atoms with van der Waals surface area (Å²) in [6.45, 7) is 0.330. The second-order valence-corrected chi connectivity index (χ2v) is 6.86. The Bertz CT molecular complexity index is 543. The van der Waals surface area contributed by atoms with E-state index < -0.39 is 5.54 Å². The molecule has 3 amide bonds. The lowest BCUT2D eigenvalue weighted by atomic mass is 9.99. The van der Waals surface area contributed by atoms with Gasteiger partial charge in [-0.1, -0.05) is 28.1 Å². The van der Waals surface area contributed by atoms with Crippen LogP contribution in [0.3, 0.4) is 0 Å². The Kier molecular flexibility index (Phi) is 3.30. The Balaban J connectivity index is 1.82. The molecule has 0 bridgehead atoms. The lowest BCUT2D eigenvalue weighted by Gasteiger charge is -2.19. The van der Waals surface area contributed by atoms with E-state index in [-0.39, 0.29) is 11.9 Å². The molecule has 0 radical (unpaired) electrons. The summed E-state index contributed by atoms with van der Waals surface area (Å²) in [7, 11) is 0. The Hall–Kier alpha value is -1.01. The van der Waals surface area contributed by atoms with Gasteiger partial charge in [0.25, 0.3) is 5.91 Å². The van der Waals surface area contributed by atoms with Crippen molar-refractivity contribution >= 4 is 39.6 Å². The number of nitrogens with zero attached hydrogens (tertiary/aromatic N) is 1. The molecule has 1 N–H and O–H groups in total. The van der Waals surface area contributed by atoms with Crippen molar-refractivity contribution in [2.75, 3.05) is 11.5 Å². The molecule has 1 spiro atoms. The van der Waals surface area contributed by atoms with Crippen LogP contribution in [0.4, 0.5) is 4.79 Å². The lowest BCUT2D eigenvalue weighted by molar-refractivity contribution is -0.130. The quantitative estimate of drug-likeness (QED) is 0.841. The van der Waals surface area contributed by atoms with E-state index >= 15 is 0 Å². The predicted octanol–water partition coefficient (Wildman–Crippen LogP) is 2.38. The third-order valence-electron chi connectivity index (χ3n) is 3.50. The van der Waals surface area contributed by atoms with Crippen molar-refractivity contribution in [3.8, 4) is 0 Å². The van der Waals surface area contributed by atoms with Crippen molar-refractivity contribution in [3.63, 3.8) is 0 Å². The zero-order valence-electron chi connectivity index (χ0n) is 10.2. The molecule has 3 rings (SSSR count). The Morgan fingerprint density at radius 1 is 1.42 bits per heavy atom. The highest BCUT2D eigenvalue weighted by Crippen LogP contribution is 2.34. The monoisotopic (exact) mass is 340 g/mol. The van der Waals surface area contributed by atoms with Crippen LogP contribution in [0.1, 0.15) is 12.0 Å². The number of rotatable bonds is 2. The van der Waals surface area contributed by atoms with Gasteiger partial charge >= 0.3 is 6.03 Å². The summed E-state index contributed by atoms with van der Waals surface area (Å²) in [4.78, 5) is 25.8. The smallest absolute Gasteiger partial charge is 0.322 e. The van der Waals surface area contributed by atoms with Crippen LogP contribution in [-0.2, 0) is 11.3 Å². The topological polar surface area (TPSA) is 49.4 Å². The predicted molar refractivity (Wildman–Crippen MR) is 77.9 cm³/mol. The first kappa shape index (κ1) is 13.0. The number of halogens is 1. The summed E-state index contributed by atoms with van der Waals surface area (Å²) in [6, 6.07) is 7.39. The Morgan fingerprint density at radius 3 is 2.95 bits per heavy atom. The van der Waals surface area contributed by atoms with Crippen molar-refractivity contribution < 1.29 is 9.59 Å². The van der Waals surface area contributed by atoms with Gasteiger partial charge in [0.15, 0.2) is 0 Å². The lowest BCUT2D eigenvalue weighted by Crippen LogP contribution is -2.46. The molecule has 2 aliphatic rings. The molecule has 2 aliphatic heterocycles. The summed E-state index contributed by atoms with van der Waals surface area (Å²) in [5.74, 6) is 1.53. The number of imide groups is 1. The number of thioether (sulfide) groups is 1. The molecular formula is C13H13BrN2O2S.